The molecule has 0 aliphatic rings. The third kappa shape index (κ3) is 49.2. The van der Waals surface area contributed by atoms with Crippen LogP contribution in [0.15, 0.2) is 12.3 Å². The molecule has 0 aromatic heterocycles. The average Bonchev–Trinajstić information content (AvgIpc) is 1.47. The van der Waals surface area contributed by atoms with Crippen LogP contribution in [0.4, 0.5) is 0 Å². The fourth-order valence-electron chi connectivity index (χ4n) is 0.203. The lowest BCUT2D eigenvalue weighted by Crippen LogP contribution is -1.82. The lowest BCUT2D eigenvalue weighted by Gasteiger charge is -2.03. The Morgan fingerprint density at radius 2 is 1.38 bits per heavy atom. The second kappa shape index (κ2) is 5.51. The molecule has 0 heterocycles. The van der Waals surface area contributed by atoms with Crippen LogP contribution in [-0.4, -0.2) is 24.5 Å². The molecule has 0 fully saturated rings. The van der Waals surface area contributed by atoms with Crippen LogP contribution in [0.3, 0.4) is 0 Å². The van der Waals surface area contributed by atoms with Crippen LogP contribution in [0, 0.1) is 0 Å². The van der Waals surface area contributed by atoms with Crippen molar-refractivity contribution in [3.8, 4) is 0 Å². The molecule has 0 saturated heterocycles. The summed E-state index contributed by atoms with van der Waals surface area (Å²) < 4.78 is 22.6. The van der Waals surface area contributed by atoms with Crippen LogP contribution in [0.5, 0.6) is 0 Å². The highest BCUT2D eigenvalue weighted by atomic mass is 31.2. The van der Waals surface area contributed by atoms with Crippen molar-refractivity contribution in [1.82, 2.24) is 0 Å². The molecular formula is C3H10O8P2. The minimum absolute atomic E-state index is 0.0123. The van der Waals surface area contributed by atoms with E-state index in [0.29, 0.717) is 0 Å². The summed E-state index contributed by atoms with van der Waals surface area (Å²) in [7, 11) is -8.96. The maximum atomic E-state index is 9.85. The maximum Gasteiger partial charge on any atom is 0.524 e. The van der Waals surface area contributed by atoms with E-state index >= 15 is 0 Å². The summed E-state index contributed by atoms with van der Waals surface area (Å²) in [5.74, 6) is 0.0123. The van der Waals surface area contributed by atoms with Crippen LogP contribution in [0.2, 0.25) is 0 Å². The highest BCUT2D eigenvalue weighted by molar-refractivity contribution is 7.46. The summed E-state index contributed by atoms with van der Waals surface area (Å²) in [6.45, 7) is 4.49. The van der Waals surface area contributed by atoms with Crippen molar-refractivity contribution in [1.29, 1.82) is 0 Å². The molecule has 10 heteroatoms. The van der Waals surface area contributed by atoms with Crippen molar-refractivity contribution in [2.24, 2.45) is 0 Å². The van der Waals surface area contributed by atoms with Gasteiger partial charge in [-0.2, -0.15) is 0 Å². The molecule has 0 radical (unpaired) electrons. The summed E-state index contributed by atoms with van der Waals surface area (Å²) in [6, 6.07) is 0. The Balaban J connectivity index is 0. The predicted octanol–water partition coefficient (Wildman–Crippen LogP) is -0.299. The summed E-state index contributed by atoms with van der Waals surface area (Å²) in [4.78, 5) is 37.6. The molecule has 0 unspecified atom stereocenters. The van der Waals surface area contributed by atoms with E-state index in [-0.39, 0.29) is 5.76 Å². The Labute approximate surface area is 74.0 Å². The van der Waals surface area contributed by atoms with E-state index in [1.807, 2.05) is 0 Å². The van der Waals surface area contributed by atoms with E-state index < -0.39 is 15.6 Å². The van der Waals surface area contributed by atoms with Crippen LogP contribution in [0.1, 0.15) is 6.92 Å². The molecule has 0 saturated carbocycles. The Bertz CT molecular complexity index is 238. The SMILES string of the molecule is C=C(C)OP(=O)(O)O.O=P(O)(O)O. The first-order valence-corrected chi connectivity index (χ1v) is 5.70. The molecule has 0 atom stereocenters. The first kappa shape index (κ1) is 15.3. The molecule has 0 bridgehead atoms. The van der Waals surface area contributed by atoms with E-state index in [2.05, 4.69) is 11.1 Å². The van der Waals surface area contributed by atoms with Gasteiger partial charge in [-0.3, -0.25) is 9.79 Å². The van der Waals surface area contributed by atoms with Gasteiger partial charge in [0.2, 0.25) is 0 Å². The first-order valence-electron chi connectivity index (χ1n) is 2.61. The molecule has 0 aromatic carbocycles. The number of hydrogen-bond acceptors (Lipinski definition) is 3. The van der Waals surface area contributed by atoms with Gasteiger partial charge in [-0.05, 0) is 6.92 Å². The summed E-state index contributed by atoms with van der Waals surface area (Å²) in [5, 5.41) is 0. The standard InChI is InChI=1S/C3H7O4P.H3O4P/c1-3(2)7-8(4,5)6;1-5(2,3)4/h1H2,2H3,(H2,4,5,6);(H3,1,2,3,4). The lowest BCUT2D eigenvalue weighted by atomic mass is 10.7. The van der Waals surface area contributed by atoms with E-state index in [9.17, 15) is 4.57 Å². The molecule has 5 N–H and O–H groups in total. The van der Waals surface area contributed by atoms with Crippen LogP contribution in [0.25, 0.3) is 0 Å². The minimum atomic E-state index is -4.64. The quantitative estimate of drug-likeness (QED) is 0.324. The van der Waals surface area contributed by atoms with Crippen molar-refractivity contribution in [2.45, 2.75) is 6.92 Å². The maximum absolute atomic E-state index is 9.85. The van der Waals surface area contributed by atoms with E-state index in [0.717, 1.165) is 0 Å². The van der Waals surface area contributed by atoms with Gasteiger partial charge in [0.1, 0.15) is 0 Å². The van der Waals surface area contributed by atoms with Crippen molar-refractivity contribution in [3.05, 3.63) is 12.3 Å². The Morgan fingerprint density at radius 3 is 1.38 bits per heavy atom. The van der Waals surface area contributed by atoms with Crippen molar-refractivity contribution in [3.63, 3.8) is 0 Å². The molecular weight excluding hydrogens is 226 g/mol. The van der Waals surface area contributed by atoms with Gasteiger partial charge in [-0.1, -0.05) is 6.58 Å². The van der Waals surface area contributed by atoms with Crippen LogP contribution < -0.4 is 0 Å². The number of allylic oxidation sites excluding steroid dienone is 1. The molecule has 0 aliphatic carbocycles. The third-order valence-corrected chi connectivity index (χ3v) is 0.824. The molecule has 8 nitrogen and oxygen atoms in total. The van der Waals surface area contributed by atoms with E-state index in [1.54, 1.807) is 0 Å². The number of phosphoric acid groups is 2. The highest BCUT2D eigenvalue weighted by Gasteiger charge is 2.13. The van der Waals surface area contributed by atoms with Gasteiger partial charge in [-0.25, -0.2) is 9.13 Å². The Kier molecular flexibility index (Phi) is 6.48. The average molecular weight is 236 g/mol. The Hall–Kier alpha value is -0.200. The van der Waals surface area contributed by atoms with Gasteiger partial charge in [0, 0.05) is 0 Å². The van der Waals surface area contributed by atoms with Gasteiger partial charge >= 0.3 is 15.6 Å². The summed E-state index contributed by atoms with van der Waals surface area (Å²) >= 11 is 0. The fraction of sp³-hybridized carbons (Fsp3) is 0.333. The van der Waals surface area contributed by atoms with Crippen LogP contribution >= 0.6 is 15.6 Å². The normalized spacial score (nSPS) is 11.2. The van der Waals surface area contributed by atoms with E-state index in [1.165, 1.54) is 6.92 Å². The second-order valence-corrected chi connectivity index (χ2v) is 3.99. The van der Waals surface area contributed by atoms with Gasteiger partial charge in [-0.15, -0.1) is 0 Å². The fourth-order valence-corrected chi connectivity index (χ4v) is 0.609. The topological polar surface area (TPSA) is 145 Å². The molecule has 0 amide bonds. The van der Waals surface area contributed by atoms with Crippen molar-refractivity contribution < 1.29 is 38.1 Å². The zero-order chi connectivity index (χ0) is 11.3. The zero-order valence-electron chi connectivity index (χ0n) is 6.56. The van der Waals surface area contributed by atoms with E-state index in [4.69, 9.17) is 29.0 Å². The Morgan fingerprint density at radius 1 is 1.15 bits per heavy atom. The molecule has 0 spiro atoms. The second-order valence-electron chi connectivity index (χ2n) is 1.80. The first-order chi connectivity index (χ1) is 5.42. The minimum Gasteiger partial charge on any atom is -0.410 e. The largest absolute Gasteiger partial charge is 0.524 e. The number of rotatable bonds is 2. The highest BCUT2D eigenvalue weighted by Crippen LogP contribution is 2.37. The van der Waals surface area contributed by atoms with Gasteiger partial charge in [0.05, 0.1) is 5.76 Å². The monoisotopic (exact) mass is 236 g/mol. The third-order valence-electron chi connectivity index (χ3n) is 0.275. The summed E-state index contributed by atoms with van der Waals surface area (Å²) in [5.41, 5.74) is 0. The molecule has 0 rings (SSSR count). The predicted molar refractivity (Wildman–Crippen MR) is 42.2 cm³/mol. The van der Waals surface area contributed by atoms with Gasteiger partial charge < -0.3 is 19.2 Å². The van der Waals surface area contributed by atoms with Gasteiger partial charge in [0.15, 0.2) is 0 Å². The van der Waals surface area contributed by atoms with Crippen LogP contribution in [-0.2, 0) is 13.7 Å². The summed E-state index contributed by atoms with van der Waals surface area (Å²) in [6.07, 6.45) is 0. The van der Waals surface area contributed by atoms with Crippen molar-refractivity contribution >= 4 is 15.6 Å². The lowest BCUT2D eigenvalue weighted by molar-refractivity contribution is 0.243. The number of hydrogen-bond donors (Lipinski definition) is 5. The van der Waals surface area contributed by atoms with Gasteiger partial charge in [0.25, 0.3) is 0 Å². The zero-order valence-corrected chi connectivity index (χ0v) is 8.35. The number of phosphoric ester groups is 1. The smallest absolute Gasteiger partial charge is 0.410 e. The molecule has 80 valence electrons. The molecule has 0 aromatic rings. The molecule has 13 heavy (non-hydrogen) atoms. The van der Waals surface area contributed by atoms with Crippen molar-refractivity contribution in [2.75, 3.05) is 0 Å². The molecule has 0 aliphatic heterocycles.